The van der Waals surface area contributed by atoms with Crippen molar-refractivity contribution in [2.24, 2.45) is 0 Å². The highest BCUT2D eigenvalue weighted by molar-refractivity contribution is 7.16. The van der Waals surface area contributed by atoms with E-state index in [0.29, 0.717) is 11.6 Å². The molecule has 29 heavy (non-hydrogen) atoms. The van der Waals surface area contributed by atoms with Crippen LogP contribution in [0.5, 0.6) is 0 Å². The van der Waals surface area contributed by atoms with Crippen molar-refractivity contribution in [1.29, 1.82) is 0 Å². The highest BCUT2D eigenvalue weighted by Gasteiger charge is 2.21. The van der Waals surface area contributed by atoms with Crippen LogP contribution in [0.15, 0.2) is 48.5 Å². The van der Waals surface area contributed by atoms with Gasteiger partial charge >= 0.3 is 0 Å². The number of halogens is 1. The van der Waals surface area contributed by atoms with E-state index in [0.717, 1.165) is 40.4 Å². The predicted octanol–water partition coefficient (Wildman–Crippen LogP) is 4.57. The molecule has 0 radical (unpaired) electrons. The molecular formula is C22H20FN3O2S. The first-order valence-corrected chi connectivity index (χ1v) is 10.2. The van der Waals surface area contributed by atoms with Gasteiger partial charge in [-0.05, 0) is 55.3 Å². The number of carbonyl (C=O) groups is 2. The Morgan fingerprint density at radius 3 is 2.55 bits per heavy atom. The van der Waals surface area contributed by atoms with Gasteiger partial charge in [0.25, 0.3) is 0 Å². The fourth-order valence-electron chi connectivity index (χ4n) is 3.39. The summed E-state index contributed by atoms with van der Waals surface area (Å²) in [7, 11) is 0. The number of aromatic nitrogens is 1. The van der Waals surface area contributed by atoms with Crippen LogP contribution >= 0.6 is 11.3 Å². The molecule has 5 nitrogen and oxygen atoms in total. The van der Waals surface area contributed by atoms with Crippen molar-refractivity contribution in [1.82, 2.24) is 4.98 Å². The number of nitrogens with zero attached hydrogens (tertiary/aromatic N) is 2. The number of hydrogen-bond acceptors (Lipinski definition) is 4. The molecule has 1 aliphatic rings. The lowest BCUT2D eigenvalue weighted by Gasteiger charge is -2.15. The number of amides is 2. The van der Waals surface area contributed by atoms with Gasteiger partial charge in [0.05, 0.1) is 12.1 Å². The van der Waals surface area contributed by atoms with Gasteiger partial charge in [0.2, 0.25) is 11.8 Å². The van der Waals surface area contributed by atoms with Crippen molar-refractivity contribution in [3.63, 3.8) is 0 Å². The normalized spacial score (nSPS) is 13.7. The largest absolute Gasteiger partial charge is 0.312 e. The third-order valence-electron chi connectivity index (χ3n) is 4.85. The van der Waals surface area contributed by atoms with Crippen LogP contribution in [0, 0.1) is 12.7 Å². The van der Waals surface area contributed by atoms with Crippen molar-refractivity contribution in [3.8, 4) is 11.3 Å². The molecule has 0 saturated carbocycles. The Morgan fingerprint density at radius 2 is 1.90 bits per heavy atom. The number of anilines is 2. The van der Waals surface area contributed by atoms with Gasteiger partial charge in [-0.3, -0.25) is 9.59 Å². The third kappa shape index (κ3) is 4.35. The van der Waals surface area contributed by atoms with Gasteiger partial charge < -0.3 is 10.2 Å². The van der Waals surface area contributed by atoms with Crippen LogP contribution in [-0.4, -0.2) is 23.3 Å². The standard InChI is InChI=1S/C22H20FN3O2S/c1-14-21(16-6-8-17(23)9-7-16)25-22(29-14)24-19(27)13-15-4-10-18(11-5-15)26-12-2-3-20(26)28/h4-11H,2-3,12-13H2,1H3,(H,24,25,27). The van der Waals surface area contributed by atoms with Gasteiger partial charge in [-0.1, -0.05) is 12.1 Å². The smallest absolute Gasteiger partial charge is 0.230 e. The molecule has 7 heteroatoms. The molecule has 0 atom stereocenters. The molecule has 1 saturated heterocycles. The van der Waals surface area contributed by atoms with Crippen LogP contribution in [0.3, 0.4) is 0 Å². The molecule has 0 unspecified atom stereocenters. The first kappa shape index (κ1) is 19.3. The average Bonchev–Trinajstić information content (AvgIpc) is 3.28. The van der Waals surface area contributed by atoms with E-state index in [1.807, 2.05) is 31.2 Å². The quantitative estimate of drug-likeness (QED) is 0.672. The number of rotatable bonds is 5. The van der Waals surface area contributed by atoms with E-state index in [9.17, 15) is 14.0 Å². The Labute approximate surface area is 172 Å². The summed E-state index contributed by atoms with van der Waals surface area (Å²) in [5.41, 5.74) is 3.29. The zero-order valence-electron chi connectivity index (χ0n) is 15.9. The zero-order valence-corrected chi connectivity index (χ0v) is 16.8. The number of hydrogen-bond donors (Lipinski definition) is 1. The predicted molar refractivity (Wildman–Crippen MR) is 113 cm³/mol. The minimum absolute atomic E-state index is 0.145. The Morgan fingerprint density at radius 1 is 1.17 bits per heavy atom. The fraction of sp³-hybridized carbons (Fsp3) is 0.227. The summed E-state index contributed by atoms with van der Waals surface area (Å²) in [6.07, 6.45) is 1.70. The highest BCUT2D eigenvalue weighted by Crippen LogP contribution is 2.30. The number of benzene rings is 2. The molecule has 2 aromatic carbocycles. The number of thiazole rings is 1. The molecule has 0 spiro atoms. The van der Waals surface area contributed by atoms with Crippen molar-refractivity contribution in [2.75, 3.05) is 16.8 Å². The van der Waals surface area contributed by atoms with Gasteiger partial charge in [0.1, 0.15) is 5.82 Å². The Balaban J connectivity index is 1.40. The van der Waals surface area contributed by atoms with E-state index in [-0.39, 0.29) is 24.1 Å². The van der Waals surface area contributed by atoms with E-state index < -0.39 is 0 Å². The van der Waals surface area contributed by atoms with Crippen LogP contribution in [0.25, 0.3) is 11.3 Å². The van der Waals surface area contributed by atoms with Crippen LogP contribution in [-0.2, 0) is 16.0 Å². The second-order valence-corrected chi connectivity index (χ2v) is 8.17. The molecule has 0 aliphatic carbocycles. The molecule has 1 fully saturated rings. The minimum Gasteiger partial charge on any atom is -0.312 e. The Bertz CT molecular complexity index is 1040. The highest BCUT2D eigenvalue weighted by atomic mass is 32.1. The number of nitrogens with one attached hydrogen (secondary N) is 1. The molecular weight excluding hydrogens is 389 g/mol. The van der Waals surface area contributed by atoms with Crippen LogP contribution in [0.4, 0.5) is 15.2 Å². The molecule has 2 heterocycles. The maximum atomic E-state index is 13.1. The molecule has 2 amide bonds. The summed E-state index contributed by atoms with van der Waals surface area (Å²) in [4.78, 5) is 31.5. The number of aryl methyl sites for hydroxylation is 1. The van der Waals surface area contributed by atoms with Crippen LogP contribution < -0.4 is 10.2 Å². The molecule has 1 aliphatic heterocycles. The van der Waals surface area contributed by atoms with Gasteiger partial charge in [-0.25, -0.2) is 9.37 Å². The minimum atomic E-state index is -0.296. The van der Waals surface area contributed by atoms with Crippen molar-refractivity contribution in [3.05, 3.63) is 64.8 Å². The SMILES string of the molecule is Cc1sc(NC(=O)Cc2ccc(N3CCCC3=O)cc2)nc1-c1ccc(F)cc1. The van der Waals surface area contributed by atoms with Crippen LogP contribution in [0.2, 0.25) is 0 Å². The second kappa shape index (κ2) is 8.13. The van der Waals surface area contributed by atoms with Gasteiger partial charge in [0.15, 0.2) is 5.13 Å². The lowest BCUT2D eigenvalue weighted by molar-refractivity contribution is -0.117. The van der Waals surface area contributed by atoms with Gasteiger partial charge in [0, 0.05) is 29.1 Å². The van der Waals surface area contributed by atoms with E-state index in [2.05, 4.69) is 10.3 Å². The Kier molecular flexibility index (Phi) is 5.40. The maximum Gasteiger partial charge on any atom is 0.230 e. The summed E-state index contributed by atoms with van der Waals surface area (Å²) >= 11 is 1.39. The van der Waals surface area contributed by atoms with Crippen LogP contribution in [0.1, 0.15) is 23.3 Å². The van der Waals surface area contributed by atoms with Crippen molar-refractivity contribution < 1.29 is 14.0 Å². The van der Waals surface area contributed by atoms with E-state index in [1.54, 1.807) is 17.0 Å². The topological polar surface area (TPSA) is 62.3 Å². The summed E-state index contributed by atoms with van der Waals surface area (Å²) in [6, 6.07) is 13.6. The molecule has 0 bridgehead atoms. The third-order valence-corrected chi connectivity index (χ3v) is 5.73. The zero-order chi connectivity index (χ0) is 20.4. The van der Waals surface area contributed by atoms with E-state index in [1.165, 1.54) is 23.5 Å². The lowest BCUT2D eigenvalue weighted by Crippen LogP contribution is -2.23. The summed E-state index contributed by atoms with van der Waals surface area (Å²) in [5, 5.41) is 3.36. The first-order chi connectivity index (χ1) is 14.0. The first-order valence-electron chi connectivity index (χ1n) is 9.42. The van der Waals surface area contributed by atoms with Crippen molar-refractivity contribution in [2.45, 2.75) is 26.2 Å². The van der Waals surface area contributed by atoms with E-state index >= 15 is 0 Å². The molecule has 1 aromatic heterocycles. The molecule has 3 aromatic rings. The molecule has 4 rings (SSSR count). The number of carbonyl (C=O) groups excluding carboxylic acids is 2. The fourth-order valence-corrected chi connectivity index (χ4v) is 4.24. The maximum absolute atomic E-state index is 13.1. The summed E-state index contributed by atoms with van der Waals surface area (Å²) < 4.78 is 13.1. The summed E-state index contributed by atoms with van der Waals surface area (Å²) in [6.45, 7) is 2.67. The Hall–Kier alpha value is -3.06. The molecule has 148 valence electrons. The monoisotopic (exact) mass is 409 g/mol. The second-order valence-electron chi connectivity index (χ2n) is 6.97. The van der Waals surface area contributed by atoms with Crippen molar-refractivity contribution >= 4 is 34.0 Å². The average molecular weight is 409 g/mol. The van der Waals surface area contributed by atoms with E-state index in [4.69, 9.17) is 0 Å². The lowest BCUT2D eigenvalue weighted by atomic mass is 10.1. The van der Waals surface area contributed by atoms with Gasteiger partial charge in [-0.15, -0.1) is 11.3 Å². The molecule has 1 N–H and O–H groups in total. The van der Waals surface area contributed by atoms with Gasteiger partial charge in [-0.2, -0.15) is 0 Å². The summed E-state index contributed by atoms with van der Waals surface area (Å²) in [5.74, 6) is -0.309.